The zero-order chi connectivity index (χ0) is 10.6. The first-order valence-electron chi connectivity index (χ1n) is 4.48. The standard InChI is InChI=1S/C8H15N3O2S/c1-3-6-14(12,13)10-7-8-9-4-5-11(8)2/h4-5,10H,3,6-7H2,1-2H3. The lowest BCUT2D eigenvalue weighted by Crippen LogP contribution is -2.26. The summed E-state index contributed by atoms with van der Waals surface area (Å²) in [6.07, 6.45) is 4.04. The highest BCUT2D eigenvalue weighted by atomic mass is 32.2. The third-order valence-electron chi connectivity index (χ3n) is 1.84. The zero-order valence-corrected chi connectivity index (χ0v) is 9.21. The molecule has 6 heteroatoms. The van der Waals surface area contributed by atoms with E-state index in [4.69, 9.17) is 0 Å². The van der Waals surface area contributed by atoms with Crippen molar-refractivity contribution in [3.05, 3.63) is 18.2 Å². The van der Waals surface area contributed by atoms with Crippen LogP contribution < -0.4 is 4.72 Å². The summed E-state index contributed by atoms with van der Waals surface area (Å²) in [5, 5.41) is 0. The van der Waals surface area contributed by atoms with Crippen LogP contribution in [0.3, 0.4) is 0 Å². The second-order valence-electron chi connectivity index (χ2n) is 3.09. The molecule has 1 N–H and O–H groups in total. The average molecular weight is 217 g/mol. The van der Waals surface area contributed by atoms with E-state index in [0.717, 1.165) is 0 Å². The van der Waals surface area contributed by atoms with Crippen molar-refractivity contribution in [2.24, 2.45) is 7.05 Å². The van der Waals surface area contributed by atoms with Crippen molar-refractivity contribution in [2.75, 3.05) is 5.75 Å². The summed E-state index contributed by atoms with van der Waals surface area (Å²) in [5.74, 6) is 0.877. The molecule has 0 aliphatic carbocycles. The van der Waals surface area contributed by atoms with Crippen LogP contribution in [-0.2, 0) is 23.6 Å². The minimum absolute atomic E-state index is 0.164. The van der Waals surface area contributed by atoms with Gasteiger partial charge >= 0.3 is 0 Å². The summed E-state index contributed by atoms with van der Waals surface area (Å²) in [5.41, 5.74) is 0. The molecule has 0 unspecified atom stereocenters. The highest BCUT2D eigenvalue weighted by molar-refractivity contribution is 7.89. The Morgan fingerprint density at radius 1 is 1.57 bits per heavy atom. The summed E-state index contributed by atoms with van der Waals surface area (Å²) < 4.78 is 26.9. The molecule has 14 heavy (non-hydrogen) atoms. The normalized spacial score (nSPS) is 11.9. The second-order valence-corrected chi connectivity index (χ2v) is 5.02. The van der Waals surface area contributed by atoms with Crippen molar-refractivity contribution in [1.29, 1.82) is 0 Å². The fraction of sp³-hybridized carbons (Fsp3) is 0.625. The number of aromatic nitrogens is 2. The van der Waals surface area contributed by atoms with Crippen LogP contribution in [0.2, 0.25) is 0 Å². The van der Waals surface area contributed by atoms with Crippen LogP contribution in [0.4, 0.5) is 0 Å². The molecule has 0 saturated carbocycles. The van der Waals surface area contributed by atoms with Crippen LogP contribution in [0, 0.1) is 0 Å². The monoisotopic (exact) mass is 217 g/mol. The van der Waals surface area contributed by atoms with Gasteiger partial charge in [-0.2, -0.15) is 0 Å². The van der Waals surface area contributed by atoms with Gasteiger partial charge in [0.15, 0.2) is 0 Å². The topological polar surface area (TPSA) is 64.0 Å². The van der Waals surface area contributed by atoms with Crippen LogP contribution in [0.5, 0.6) is 0 Å². The lowest BCUT2D eigenvalue weighted by atomic mass is 10.6. The van der Waals surface area contributed by atoms with E-state index in [1.807, 2.05) is 14.0 Å². The number of rotatable bonds is 5. The third kappa shape index (κ3) is 3.12. The van der Waals surface area contributed by atoms with E-state index in [0.29, 0.717) is 12.2 Å². The molecule has 5 nitrogen and oxygen atoms in total. The average Bonchev–Trinajstić information content (AvgIpc) is 2.48. The number of hydrogen-bond acceptors (Lipinski definition) is 3. The molecule has 1 rings (SSSR count). The molecule has 0 fully saturated rings. The lowest BCUT2D eigenvalue weighted by Gasteiger charge is -2.04. The number of hydrogen-bond donors (Lipinski definition) is 1. The Labute approximate surface area is 84.2 Å². The van der Waals surface area contributed by atoms with E-state index in [2.05, 4.69) is 9.71 Å². The van der Waals surface area contributed by atoms with Gasteiger partial charge in [0.2, 0.25) is 10.0 Å². The molecule has 0 aromatic carbocycles. The molecule has 0 radical (unpaired) electrons. The Morgan fingerprint density at radius 3 is 2.79 bits per heavy atom. The maximum Gasteiger partial charge on any atom is 0.211 e. The van der Waals surface area contributed by atoms with Gasteiger partial charge < -0.3 is 4.57 Å². The largest absolute Gasteiger partial charge is 0.337 e. The fourth-order valence-corrected chi connectivity index (χ4v) is 2.11. The number of sulfonamides is 1. The number of aryl methyl sites for hydroxylation is 1. The highest BCUT2D eigenvalue weighted by Gasteiger charge is 2.09. The summed E-state index contributed by atoms with van der Waals surface area (Å²) >= 11 is 0. The number of nitrogens with zero attached hydrogens (tertiary/aromatic N) is 2. The second kappa shape index (κ2) is 4.56. The van der Waals surface area contributed by atoms with Crippen LogP contribution in [0.25, 0.3) is 0 Å². The van der Waals surface area contributed by atoms with E-state index in [1.165, 1.54) is 0 Å². The van der Waals surface area contributed by atoms with Gasteiger partial charge in [0.25, 0.3) is 0 Å². The van der Waals surface area contributed by atoms with Gasteiger partial charge in [-0.25, -0.2) is 18.1 Å². The fourth-order valence-electron chi connectivity index (χ4n) is 1.08. The molecule has 0 spiro atoms. The van der Waals surface area contributed by atoms with E-state index in [-0.39, 0.29) is 12.3 Å². The molecule has 1 aromatic heterocycles. The van der Waals surface area contributed by atoms with E-state index in [9.17, 15) is 8.42 Å². The molecule has 0 aliphatic rings. The molecule has 80 valence electrons. The van der Waals surface area contributed by atoms with Crippen molar-refractivity contribution < 1.29 is 8.42 Å². The Hall–Kier alpha value is -0.880. The van der Waals surface area contributed by atoms with Gasteiger partial charge in [-0.05, 0) is 6.42 Å². The lowest BCUT2D eigenvalue weighted by molar-refractivity contribution is 0.576. The van der Waals surface area contributed by atoms with Crippen molar-refractivity contribution in [3.8, 4) is 0 Å². The summed E-state index contributed by atoms with van der Waals surface area (Å²) in [4.78, 5) is 4.01. The summed E-state index contributed by atoms with van der Waals surface area (Å²) in [6, 6.07) is 0. The van der Waals surface area contributed by atoms with Crippen LogP contribution in [-0.4, -0.2) is 23.7 Å². The summed E-state index contributed by atoms with van der Waals surface area (Å²) in [6.45, 7) is 2.09. The molecule has 0 amide bonds. The predicted molar refractivity (Wildman–Crippen MR) is 54.1 cm³/mol. The maximum absolute atomic E-state index is 11.3. The molecule has 0 saturated heterocycles. The van der Waals surface area contributed by atoms with Crippen molar-refractivity contribution in [3.63, 3.8) is 0 Å². The first-order chi connectivity index (χ1) is 6.55. The number of nitrogens with one attached hydrogen (secondary N) is 1. The van der Waals surface area contributed by atoms with Crippen molar-refractivity contribution in [2.45, 2.75) is 19.9 Å². The predicted octanol–water partition coefficient (Wildman–Crippen LogP) is 0.249. The minimum atomic E-state index is -3.13. The molecular formula is C8H15N3O2S. The van der Waals surface area contributed by atoms with Crippen LogP contribution in [0.1, 0.15) is 19.2 Å². The Balaban J connectivity index is 2.53. The molecule has 0 aliphatic heterocycles. The minimum Gasteiger partial charge on any atom is -0.337 e. The first-order valence-corrected chi connectivity index (χ1v) is 6.14. The molecule has 0 atom stereocenters. The van der Waals surface area contributed by atoms with Gasteiger partial charge in [0.05, 0.1) is 12.3 Å². The van der Waals surface area contributed by atoms with E-state index in [1.54, 1.807) is 17.0 Å². The Kier molecular flexibility index (Phi) is 3.65. The highest BCUT2D eigenvalue weighted by Crippen LogP contribution is 1.95. The molecular weight excluding hydrogens is 202 g/mol. The first kappa shape index (κ1) is 11.2. The van der Waals surface area contributed by atoms with E-state index >= 15 is 0 Å². The van der Waals surface area contributed by atoms with Gasteiger partial charge in [-0.1, -0.05) is 6.92 Å². The molecule has 0 bridgehead atoms. The Bertz CT molecular complexity index is 383. The SMILES string of the molecule is CCCS(=O)(=O)NCc1nccn1C. The Morgan fingerprint density at radius 2 is 2.29 bits per heavy atom. The quantitative estimate of drug-likeness (QED) is 0.769. The van der Waals surface area contributed by atoms with Crippen LogP contribution in [0.15, 0.2) is 12.4 Å². The van der Waals surface area contributed by atoms with Crippen molar-refractivity contribution in [1.82, 2.24) is 14.3 Å². The molecule has 1 aromatic rings. The van der Waals surface area contributed by atoms with Crippen molar-refractivity contribution >= 4 is 10.0 Å². The van der Waals surface area contributed by atoms with Gasteiger partial charge in [-0.15, -0.1) is 0 Å². The number of imidazole rings is 1. The maximum atomic E-state index is 11.3. The third-order valence-corrected chi connectivity index (χ3v) is 3.37. The molecule has 1 heterocycles. The van der Waals surface area contributed by atoms with E-state index < -0.39 is 10.0 Å². The van der Waals surface area contributed by atoms with Crippen LogP contribution >= 0.6 is 0 Å². The van der Waals surface area contributed by atoms with Gasteiger partial charge in [0, 0.05) is 19.4 Å². The zero-order valence-electron chi connectivity index (χ0n) is 8.40. The van der Waals surface area contributed by atoms with Gasteiger partial charge in [0.1, 0.15) is 5.82 Å². The summed E-state index contributed by atoms with van der Waals surface area (Å²) in [7, 11) is -1.30. The van der Waals surface area contributed by atoms with Gasteiger partial charge in [-0.3, -0.25) is 0 Å². The smallest absolute Gasteiger partial charge is 0.211 e.